The molecule has 1 aromatic carbocycles. The summed E-state index contributed by atoms with van der Waals surface area (Å²) in [5.74, 6) is -0.248. The van der Waals surface area contributed by atoms with Gasteiger partial charge in [0.2, 0.25) is 0 Å². The molecule has 0 unspecified atom stereocenters. The third-order valence-electron chi connectivity index (χ3n) is 3.16. The molecule has 0 saturated heterocycles. The summed E-state index contributed by atoms with van der Waals surface area (Å²) in [6.45, 7) is 5.25. The van der Waals surface area contributed by atoms with Crippen LogP contribution in [-0.4, -0.2) is 49.5 Å². The van der Waals surface area contributed by atoms with Gasteiger partial charge in [-0.15, -0.1) is 0 Å². The molecule has 0 fully saturated rings. The van der Waals surface area contributed by atoms with Crippen LogP contribution in [0.4, 0.5) is 4.79 Å². The summed E-state index contributed by atoms with van der Waals surface area (Å²) in [5.41, 5.74) is 0.123. The van der Waals surface area contributed by atoms with Crippen molar-refractivity contribution in [1.82, 2.24) is 9.47 Å². The van der Waals surface area contributed by atoms with Crippen LogP contribution in [0.3, 0.4) is 0 Å². The van der Waals surface area contributed by atoms with E-state index in [1.165, 1.54) is 15.7 Å². The van der Waals surface area contributed by atoms with Crippen molar-refractivity contribution in [3.63, 3.8) is 0 Å². The number of hydrogen-bond donors (Lipinski definition) is 1. The third kappa shape index (κ3) is 4.47. The number of fused-ring (bicyclic) bond motifs is 1. The zero-order chi connectivity index (χ0) is 18.9. The van der Waals surface area contributed by atoms with Gasteiger partial charge in [-0.1, -0.05) is 0 Å². The van der Waals surface area contributed by atoms with Crippen molar-refractivity contribution >= 4 is 22.9 Å². The topological polar surface area (TPSA) is 91.9 Å². The first kappa shape index (κ1) is 19.2. The molecule has 1 N–H and O–H groups in total. The molecular formula is C16H20IN3O5. The molecule has 2 rings (SSSR count). The molecular weight excluding hydrogens is 441 g/mol. The van der Waals surface area contributed by atoms with Gasteiger partial charge in [-0.3, -0.25) is 0 Å². The predicted molar refractivity (Wildman–Crippen MR) is 85.7 cm³/mol. The predicted octanol–water partition coefficient (Wildman–Crippen LogP) is -0.532. The van der Waals surface area contributed by atoms with Crippen molar-refractivity contribution in [3.8, 4) is 0 Å². The van der Waals surface area contributed by atoms with E-state index in [4.69, 9.17) is 9.94 Å². The van der Waals surface area contributed by atoms with Gasteiger partial charge in [0.15, 0.2) is 0 Å². The van der Waals surface area contributed by atoms with Gasteiger partial charge in [0.05, 0.1) is 0 Å². The first-order valence-electron chi connectivity index (χ1n) is 7.41. The molecule has 25 heavy (non-hydrogen) atoms. The van der Waals surface area contributed by atoms with Crippen LogP contribution in [0.1, 0.15) is 31.1 Å². The van der Waals surface area contributed by atoms with E-state index in [1.807, 2.05) is 0 Å². The molecule has 136 valence electrons. The van der Waals surface area contributed by atoms with Crippen LogP contribution < -0.4 is 21.5 Å². The van der Waals surface area contributed by atoms with Crippen LogP contribution in [0.2, 0.25) is 0 Å². The van der Waals surface area contributed by atoms with Crippen LogP contribution >= 0.6 is 0 Å². The maximum atomic E-state index is 12.5. The van der Waals surface area contributed by atoms with E-state index in [0.717, 1.165) is 0 Å². The van der Waals surface area contributed by atoms with E-state index in [-0.39, 0.29) is 9.04 Å². The Hall–Kier alpha value is -2.17. The van der Waals surface area contributed by atoms with Crippen LogP contribution in [0.15, 0.2) is 24.4 Å². The first-order valence-corrected chi connectivity index (χ1v) is 9.45. The number of carbonyl (C=O) groups is 2. The molecule has 2 aromatic rings. The Kier molecular flexibility index (Phi) is 5.35. The zero-order valence-electron chi connectivity index (χ0n) is 14.6. The molecule has 0 spiro atoms. The van der Waals surface area contributed by atoms with Gasteiger partial charge in [0.1, 0.15) is 0 Å². The zero-order valence-corrected chi connectivity index (χ0v) is 16.8. The molecule has 1 heterocycles. The minimum atomic E-state index is -1.31. The number of ether oxygens (including phenoxy) is 1. The molecule has 1 aromatic heterocycles. The number of nitrogens with zero attached hydrogens (tertiary/aromatic N) is 3. The van der Waals surface area contributed by atoms with E-state index >= 15 is 0 Å². The Morgan fingerprint density at radius 2 is 1.92 bits per heavy atom. The minimum absolute atomic E-state index is 0.0906. The summed E-state index contributed by atoms with van der Waals surface area (Å²) in [6, 6.07) is 4.97. The Bertz CT molecular complexity index is 851. The molecule has 1 amide bonds. The van der Waals surface area contributed by atoms with Crippen LogP contribution in [0, 0.1) is 8.48 Å². The molecule has 0 aliphatic heterocycles. The second-order valence-electron chi connectivity index (χ2n) is 6.56. The van der Waals surface area contributed by atoms with Crippen LogP contribution in [0.5, 0.6) is 0 Å². The second-order valence-corrected chi connectivity index (χ2v) is 9.12. The Balaban J connectivity index is 2.63. The van der Waals surface area contributed by atoms with Gasteiger partial charge in [-0.25, -0.2) is 0 Å². The fraction of sp³-hybridized carbons (Fsp3) is 0.375. The van der Waals surface area contributed by atoms with Crippen molar-refractivity contribution in [2.75, 3.05) is 14.1 Å². The first-order chi connectivity index (χ1) is 11.5. The van der Waals surface area contributed by atoms with Crippen molar-refractivity contribution in [2.24, 2.45) is 0 Å². The summed E-state index contributed by atoms with van der Waals surface area (Å²) in [6.07, 6.45) is 0.825. The molecule has 0 bridgehead atoms. The Morgan fingerprint density at radius 3 is 2.44 bits per heavy atom. The second kappa shape index (κ2) is 6.98. The van der Waals surface area contributed by atoms with Gasteiger partial charge in [0, 0.05) is 0 Å². The summed E-state index contributed by atoms with van der Waals surface area (Å²) >= 11 is -1.31. The van der Waals surface area contributed by atoms with Gasteiger partial charge >= 0.3 is 155 Å². The van der Waals surface area contributed by atoms with Crippen molar-refractivity contribution in [2.45, 2.75) is 26.4 Å². The Labute approximate surface area is 155 Å². The molecule has 9 heteroatoms. The van der Waals surface area contributed by atoms with Crippen molar-refractivity contribution < 1.29 is 44.1 Å². The van der Waals surface area contributed by atoms with Gasteiger partial charge in [-0.05, 0) is 0 Å². The average molecular weight is 461 g/mol. The number of carbonyl (C=O) groups excluding carboxylic acids is 2. The van der Waals surface area contributed by atoms with Gasteiger partial charge < -0.3 is 0 Å². The van der Waals surface area contributed by atoms with Crippen molar-refractivity contribution in [3.05, 3.63) is 38.4 Å². The summed E-state index contributed by atoms with van der Waals surface area (Å²) in [7, 11) is 3.25. The number of aromatic nitrogens is 1. The number of halogens is 1. The molecule has 0 radical (unpaired) electrons. The molecule has 8 nitrogen and oxygen atoms in total. The summed E-state index contributed by atoms with van der Waals surface area (Å²) in [5, 5.41) is 9.52. The van der Waals surface area contributed by atoms with Gasteiger partial charge in [0.25, 0.3) is 0 Å². The Morgan fingerprint density at radius 1 is 1.28 bits per heavy atom. The van der Waals surface area contributed by atoms with Crippen LogP contribution in [-0.2, 0) is 4.74 Å². The summed E-state index contributed by atoms with van der Waals surface area (Å²) < 4.78 is 7.17. The summed E-state index contributed by atoms with van der Waals surface area (Å²) in [4.78, 5) is 37.3. The van der Waals surface area contributed by atoms with Crippen LogP contribution in [0.25, 0.3) is 10.9 Å². The maximum absolute atomic E-state index is 12.5. The normalized spacial score (nSPS) is 11.6. The number of amides is 1. The fourth-order valence-electron chi connectivity index (χ4n) is 2.21. The average Bonchev–Trinajstić information content (AvgIpc) is 2.82. The number of hydrogen-bond acceptors (Lipinski definition) is 4. The third-order valence-corrected chi connectivity index (χ3v) is 4.81. The van der Waals surface area contributed by atoms with E-state index in [0.29, 0.717) is 20.0 Å². The van der Waals surface area contributed by atoms with E-state index < -0.39 is 33.2 Å². The number of rotatable bonds is 3. The fourth-order valence-corrected chi connectivity index (χ4v) is 3.46. The quantitative estimate of drug-likeness (QED) is 0.377. The van der Waals surface area contributed by atoms with Gasteiger partial charge in [-0.2, -0.15) is 0 Å². The standard InChI is InChI=1S/C16H20IN3O5/c1-16(2,3)25-15(22)19-9-12(14(21)18(4)5)11-7-6-10(8-13(11)19)17-20(23)24/h6-9H,1-5H3,(H,23,24). The molecule has 0 aliphatic carbocycles. The number of benzene rings is 1. The van der Waals surface area contributed by atoms with E-state index in [1.54, 1.807) is 53.1 Å². The molecule has 0 aliphatic rings. The van der Waals surface area contributed by atoms with Crippen molar-refractivity contribution in [1.29, 1.82) is 0 Å². The molecule has 0 atom stereocenters. The van der Waals surface area contributed by atoms with E-state index in [2.05, 4.69) is 0 Å². The SMILES string of the molecule is CN(C)C(=O)c1cn(C(=O)OC(C)(C)C)c2cc([I-][N+](=O)O)ccc12. The van der Waals surface area contributed by atoms with E-state index in [9.17, 15) is 14.5 Å². The monoisotopic (exact) mass is 461 g/mol. The molecule has 0 saturated carbocycles.